The van der Waals surface area contributed by atoms with Crippen LogP contribution in [0.15, 0.2) is 82.1 Å². The van der Waals surface area contributed by atoms with E-state index in [0.29, 0.717) is 5.56 Å². The first-order valence-electron chi connectivity index (χ1n) is 7.30. The quantitative estimate of drug-likeness (QED) is 0.506. The van der Waals surface area contributed by atoms with Gasteiger partial charge in [0.15, 0.2) is 5.76 Å². The van der Waals surface area contributed by atoms with E-state index >= 15 is 0 Å². The number of rotatable bonds is 5. The maximum atomic E-state index is 13.0. The molecule has 3 rings (SSSR count). The molecule has 0 fully saturated rings. The van der Waals surface area contributed by atoms with Crippen LogP contribution >= 0.6 is 0 Å². The standard InChI is InChI=1S/C18H13NO5S/c20-19(21)18-12-11-16(24-18)17(13-14-7-3-1-4-8-14)25(22,23)15-9-5-2-6-10-15/h1-13H/b17-13+. The van der Waals surface area contributed by atoms with Crippen LogP contribution in [0, 0.1) is 10.1 Å². The van der Waals surface area contributed by atoms with Crippen LogP contribution in [-0.4, -0.2) is 13.3 Å². The molecular weight excluding hydrogens is 342 g/mol. The van der Waals surface area contributed by atoms with E-state index in [0.717, 1.165) is 6.07 Å². The van der Waals surface area contributed by atoms with Crippen molar-refractivity contribution in [2.24, 2.45) is 0 Å². The second kappa shape index (κ2) is 6.74. The first kappa shape index (κ1) is 16.7. The maximum Gasteiger partial charge on any atom is 0.433 e. The molecule has 0 spiro atoms. The number of furan rings is 1. The fraction of sp³-hybridized carbons (Fsp3) is 0. The van der Waals surface area contributed by atoms with Crippen LogP contribution in [0.4, 0.5) is 5.88 Å². The molecule has 0 aliphatic heterocycles. The van der Waals surface area contributed by atoms with Crippen molar-refractivity contribution in [3.8, 4) is 0 Å². The van der Waals surface area contributed by atoms with Gasteiger partial charge in [-0.25, -0.2) is 8.42 Å². The van der Waals surface area contributed by atoms with E-state index in [2.05, 4.69) is 0 Å². The Morgan fingerprint density at radius 2 is 1.52 bits per heavy atom. The van der Waals surface area contributed by atoms with Gasteiger partial charge >= 0.3 is 5.88 Å². The van der Waals surface area contributed by atoms with Crippen molar-refractivity contribution in [2.75, 3.05) is 0 Å². The lowest BCUT2D eigenvalue weighted by molar-refractivity contribution is -0.402. The molecule has 1 heterocycles. The lowest BCUT2D eigenvalue weighted by Crippen LogP contribution is -2.03. The van der Waals surface area contributed by atoms with Crippen molar-refractivity contribution in [3.63, 3.8) is 0 Å². The molecule has 0 amide bonds. The Balaban J connectivity index is 2.19. The lowest BCUT2D eigenvalue weighted by atomic mass is 10.2. The highest BCUT2D eigenvalue weighted by molar-refractivity contribution is 8.00. The number of hydrogen-bond donors (Lipinski definition) is 0. The number of hydrogen-bond acceptors (Lipinski definition) is 5. The van der Waals surface area contributed by atoms with E-state index < -0.39 is 20.6 Å². The normalized spacial score (nSPS) is 12.1. The minimum Gasteiger partial charge on any atom is -0.400 e. The Bertz CT molecular complexity index is 1020. The minimum atomic E-state index is -3.92. The molecule has 0 radical (unpaired) electrons. The predicted octanol–water partition coefficient (Wildman–Crippen LogP) is 4.16. The Kier molecular flexibility index (Phi) is 4.49. The first-order chi connectivity index (χ1) is 12.0. The summed E-state index contributed by atoms with van der Waals surface area (Å²) in [6.07, 6.45) is 1.44. The molecule has 6 nitrogen and oxygen atoms in total. The SMILES string of the molecule is O=[N+]([O-])c1ccc(/C(=C\c2ccccc2)S(=O)(=O)c2ccccc2)o1. The highest BCUT2D eigenvalue weighted by Gasteiger charge is 2.26. The Hall–Kier alpha value is -3.19. The second-order valence-corrected chi connectivity index (χ2v) is 7.05. The number of nitrogens with zero attached hydrogens (tertiary/aromatic N) is 1. The summed E-state index contributed by atoms with van der Waals surface area (Å²) in [5.41, 5.74) is 0.635. The van der Waals surface area contributed by atoms with Gasteiger partial charge in [-0.15, -0.1) is 0 Å². The van der Waals surface area contributed by atoms with Gasteiger partial charge in [0, 0.05) is 0 Å². The maximum absolute atomic E-state index is 13.0. The van der Waals surface area contributed by atoms with Gasteiger partial charge in [0.25, 0.3) is 0 Å². The Labute approximate surface area is 144 Å². The van der Waals surface area contributed by atoms with Crippen molar-refractivity contribution in [2.45, 2.75) is 4.90 Å². The van der Waals surface area contributed by atoms with Crippen molar-refractivity contribution >= 4 is 26.7 Å². The zero-order valence-corrected chi connectivity index (χ0v) is 13.7. The molecule has 0 aliphatic carbocycles. The molecule has 1 aromatic heterocycles. The van der Waals surface area contributed by atoms with Gasteiger partial charge in [0.1, 0.15) is 9.83 Å². The molecule has 0 unspecified atom stereocenters. The monoisotopic (exact) mass is 355 g/mol. The summed E-state index contributed by atoms with van der Waals surface area (Å²) in [5.74, 6) is -0.600. The molecule has 126 valence electrons. The summed E-state index contributed by atoms with van der Waals surface area (Å²) in [7, 11) is -3.92. The van der Waals surface area contributed by atoms with E-state index in [9.17, 15) is 18.5 Å². The summed E-state index contributed by atoms with van der Waals surface area (Å²) in [6.45, 7) is 0. The summed E-state index contributed by atoms with van der Waals surface area (Å²) < 4.78 is 31.2. The van der Waals surface area contributed by atoms with Crippen molar-refractivity contribution < 1.29 is 17.8 Å². The lowest BCUT2D eigenvalue weighted by Gasteiger charge is -2.07. The number of sulfone groups is 1. The van der Waals surface area contributed by atoms with Gasteiger partial charge < -0.3 is 4.42 Å². The van der Waals surface area contributed by atoms with E-state index in [1.54, 1.807) is 48.5 Å². The molecule has 3 aromatic rings. The Morgan fingerprint density at radius 3 is 2.08 bits per heavy atom. The summed E-state index contributed by atoms with van der Waals surface area (Å²) in [4.78, 5) is 10.1. The predicted molar refractivity (Wildman–Crippen MR) is 93.3 cm³/mol. The number of benzene rings is 2. The molecule has 25 heavy (non-hydrogen) atoms. The molecule has 7 heteroatoms. The van der Waals surface area contributed by atoms with Crippen LogP contribution in [0.2, 0.25) is 0 Å². The molecule has 0 aliphatic rings. The molecular formula is C18H13NO5S. The van der Waals surface area contributed by atoms with Crippen LogP contribution in [0.5, 0.6) is 0 Å². The van der Waals surface area contributed by atoms with Gasteiger partial charge in [-0.3, -0.25) is 10.1 Å². The van der Waals surface area contributed by atoms with Gasteiger partial charge in [0.2, 0.25) is 9.84 Å². The van der Waals surface area contributed by atoms with Crippen LogP contribution in [0.3, 0.4) is 0 Å². The molecule has 0 saturated carbocycles. The number of nitro groups is 1. The average molecular weight is 355 g/mol. The second-order valence-electron chi connectivity index (χ2n) is 5.13. The fourth-order valence-electron chi connectivity index (χ4n) is 2.27. The molecule has 2 aromatic carbocycles. The third-order valence-corrected chi connectivity index (χ3v) is 5.25. The largest absolute Gasteiger partial charge is 0.433 e. The van der Waals surface area contributed by atoms with E-state index in [1.165, 1.54) is 24.3 Å². The van der Waals surface area contributed by atoms with Gasteiger partial charge in [-0.1, -0.05) is 48.5 Å². The van der Waals surface area contributed by atoms with Gasteiger partial charge in [0.05, 0.1) is 11.0 Å². The van der Waals surface area contributed by atoms with Gasteiger partial charge in [-0.05, 0) is 29.8 Å². The van der Waals surface area contributed by atoms with E-state index in [1.807, 2.05) is 0 Å². The first-order valence-corrected chi connectivity index (χ1v) is 8.78. The molecule has 0 N–H and O–H groups in total. The van der Waals surface area contributed by atoms with Crippen LogP contribution < -0.4 is 0 Å². The molecule has 0 saturated heterocycles. The summed E-state index contributed by atoms with van der Waals surface area (Å²) >= 11 is 0. The topological polar surface area (TPSA) is 90.4 Å². The fourth-order valence-corrected chi connectivity index (χ4v) is 3.70. The van der Waals surface area contributed by atoms with Gasteiger partial charge in [-0.2, -0.15) is 0 Å². The van der Waals surface area contributed by atoms with Crippen LogP contribution in [-0.2, 0) is 9.84 Å². The van der Waals surface area contributed by atoms with Crippen molar-refractivity contribution in [1.82, 2.24) is 0 Å². The highest BCUT2D eigenvalue weighted by Crippen LogP contribution is 2.32. The average Bonchev–Trinajstić information content (AvgIpc) is 3.11. The molecule has 0 bridgehead atoms. The molecule has 0 atom stereocenters. The smallest absolute Gasteiger partial charge is 0.400 e. The summed E-state index contributed by atoms with van der Waals surface area (Å²) in [5, 5.41) is 10.9. The zero-order chi connectivity index (χ0) is 17.9. The third kappa shape index (κ3) is 3.51. The van der Waals surface area contributed by atoms with E-state index in [4.69, 9.17) is 4.42 Å². The zero-order valence-electron chi connectivity index (χ0n) is 12.9. The minimum absolute atomic E-state index is 0.0798. The van der Waals surface area contributed by atoms with Crippen LogP contribution in [0.25, 0.3) is 11.0 Å². The van der Waals surface area contributed by atoms with Crippen molar-refractivity contribution in [1.29, 1.82) is 0 Å². The highest BCUT2D eigenvalue weighted by atomic mass is 32.2. The van der Waals surface area contributed by atoms with Crippen molar-refractivity contribution in [3.05, 3.63) is 94.2 Å². The van der Waals surface area contributed by atoms with Crippen LogP contribution in [0.1, 0.15) is 11.3 Å². The summed E-state index contributed by atoms with van der Waals surface area (Å²) in [6, 6.07) is 19.1. The van der Waals surface area contributed by atoms with E-state index in [-0.39, 0.29) is 15.6 Å². The third-order valence-electron chi connectivity index (χ3n) is 3.45. The Morgan fingerprint density at radius 1 is 0.920 bits per heavy atom.